The predicted molar refractivity (Wildman–Crippen MR) is 78.6 cm³/mol. The Kier molecular flexibility index (Phi) is 4.95. The van der Waals surface area contributed by atoms with Crippen molar-refractivity contribution in [1.82, 2.24) is 4.98 Å². The van der Waals surface area contributed by atoms with E-state index in [1.165, 1.54) is 11.3 Å². The van der Waals surface area contributed by atoms with Crippen LogP contribution in [0.3, 0.4) is 0 Å². The molecule has 5 nitrogen and oxygen atoms in total. The van der Waals surface area contributed by atoms with E-state index in [1.54, 1.807) is 37.9 Å². The Morgan fingerprint density at radius 2 is 2.20 bits per heavy atom. The molecule has 106 valence electrons. The number of benzene rings is 1. The molecule has 0 aliphatic rings. The summed E-state index contributed by atoms with van der Waals surface area (Å²) in [7, 11) is 3.14. The Morgan fingerprint density at radius 3 is 2.85 bits per heavy atom. The molecule has 2 rings (SSSR count). The molecule has 0 aliphatic carbocycles. The van der Waals surface area contributed by atoms with Gasteiger partial charge in [-0.15, -0.1) is 11.3 Å². The first-order valence-electron chi connectivity index (χ1n) is 6.12. The molecule has 1 N–H and O–H groups in total. The summed E-state index contributed by atoms with van der Waals surface area (Å²) >= 11 is 1.53. The maximum atomic E-state index is 11.9. The summed E-state index contributed by atoms with van der Waals surface area (Å²) in [6.07, 6.45) is 1.01. The Balaban J connectivity index is 1.99. The number of nitrogens with one attached hydrogen (secondary N) is 1. The van der Waals surface area contributed by atoms with Crippen LogP contribution in [-0.2, 0) is 11.2 Å². The summed E-state index contributed by atoms with van der Waals surface area (Å²) in [5, 5.41) is 4.77. The molecular formula is C14H16N2O3S. The van der Waals surface area contributed by atoms with Crippen LogP contribution in [0.15, 0.2) is 29.1 Å². The van der Waals surface area contributed by atoms with Gasteiger partial charge in [0.2, 0.25) is 5.91 Å². The number of nitrogens with zero attached hydrogens (tertiary/aromatic N) is 1. The average molecular weight is 292 g/mol. The van der Waals surface area contributed by atoms with Crippen molar-refractivity contribution in [1.29, 1.82) is 0 Å². The molecule has 0 spiro atoms. The number of ether oxygens (including phenoxy) is 2. The SMILES string of the molecule is COc1ccc(OC)c(NC(=O)CCc2cscn2)c1. The van der Waals surface area contributed by atoms with E-state index in [4.69, 9.17) is 9.47 Å². The van der Waals surface area contributed by atoms with E-state index < -0.39 is 0 Å². The van der Waals surface area contributed by atoms with Gasteiger partial charge in [-0.05, 0) is 18.6 Å². The minimum absolute atomic E-state index is 0.0791. The van der Waals surface area contributed by atoms with Crippen LogP contribution in [0.2, 0.25) is 0 Å². The predicted octanol–water partition coefficient (Wildman–Crippen LogP) is 2.73. The van der Waals surface area contributed by atoms with Crippen molar-refractivity contribution >= 4 is 22.9 Å². The van der Waals surface area contributed by atoms with Gasteiger partial charge >= 0.3 is 0 Å². The Labute approximate surface area is 121 Å². The standard InChI is InChI=1S/C14H16N2O3S/c1-18-11-4-5-13(19-2)12(7-11)16-14(17)6-3-10-8-20-9-15-10/h4-5,7-9H,3,6H2,1-2H3,(H,16,17). The number of hydrogen-bond acceptors (Lipinski definition) is 5. The van der Waals surface area contributed by atoms with Crippen molar-refractivity contribution in [2.75, 3.05) is 19.5 Å². The van der Waals surface area contributed by atoms with Gasteiger partial charge in [-0.2, -0.15) is 0 Å². The number of rotatable bonds is 6. The minimum atomic E-state index is -0.0791. The van der Waals surface area contributed by atoms with Crippen LogP contribution in [0, 0.1) is 0 Å². The van der Waals surface area contributed by atoms with Crippen molar-refractivity contribution in [3.63, 3.8) is 0 Å². The number of aryl methyl sites for hydroxylation is 1. The highest BCUT2D eigenvalue weighted by molar-refractivity contribution is 7.07. The first-order chi connectivity index (χ1) is 9.72. The van der Waals surface area contributed by atoms with Crippen molar-refractivity contribution in [2.45, 2.75) is 12.8 Å². The molecule has 0 saturated carbocycles. The average Bonchev–Trinajstić information content (AvgIpc) is 2.98. The summed E-state index contributed by atoms with van der Waals surface area (Å²) in [4.78, 5) is 16.1. The fourth-order valence-corrected chi connectivity index (χ4v) is 2.32. The van der Waals surface area contributed by atoms with Gasteiger partial charge in [-0.1, -0.05) is 0 Å². The van der Waals surface area contributed by atoms with Crippen molar-refractivity contribution in [2.24, 2.45) is 0 Å². The van der Waals surface area contributed by atoms with Crippen LogP contribution in [0.1, 0.15) is 12.1 Å². The quantitative estimate of drug-likeness (QED) is 0.889. The fraction of sp³-hybridized carbons (Fsp3) is 0.286. The molecule has 1 amide bonds. The summed E-state index contributed by atoms with van der Waals surface area (Å²) < 4.78 is 10.4. The molecule has 0 fully saturated rings. The Morgan fingerprint density at radius 1 is 1.35 bits per heavy atom. The molecule has 0 bridgehead atoms. The number of aromatic nitrogens is 1. The number of methoxy groups -OCH3 is 2. The second kappa shape index (κ2) is 6.91. The normalized spacial score (nSPS) is 10.1. The third-order valence-corrected chi connectivity index (χ3v) is 3.41. The molecule has 2 aromatic rings. The van der Waals surface area contributed by atoms with E-state index in [1.807, 2.05) is 5.38 Å². The van der Waals surface area contributed by atoms with Gasteiger partial charge in [-0.25, -0.2) is 4.98 Å². The van der Waals surface area contributed by atoms with Crippen molar-refractivity contribution in [3.05, 3.63) is 34.8 Å². The molecule has 1 aromatic heterocycles. The van der Waals surface area contributed by atoms with E-state index in [2.05, 4.69) is 10.3 Å². The monoisotopic (exact) mass is 292 g/mol. The van der Waals surface area contributed by atoms with E-state index in [-0.39, 0.29) is 5.91 Å². The smallest absolute Gasteiger partial charge is 0.224 e. The van der Waals surface area contributed by atoms with E-state index >= 15 is 0 Å². The number of amides is 1. The van der Waals surface area contributed by atoms with Gasteiger partial charge in [0.1, 0.15) is 11.5 Å². The molecule has 0 aliphatic heterocycles. The molecule has 0 unspecified atom stereocenters. The molecule has 0 saturated heterocycles. The van der Waals surface area contributed by atoms with Gasteiger partial charge in [0, 0.05) is 17.9 Å². The third-order valence-electron chi connectivity index (χ3n) is 2.77. The van der Waals surface area contributed by atoms with Crippen LogP contribution in [-0.4, -0.2) is 25.1 Å². The van der Waals surface area contributed by atoms with Gasteiger partial charge < -0.3 is 14.8 Å². The maximum absolute atomic E-state index is 11.9. The molecule has 0 atom stereocenters. The lowest BCUT2D eigenvalue weighted by Crippen LogP contribution is -2.13. The van der Waals surface area contributed by atoms with Gasteiger partial charge in [0.05, 0.1) is 31.1 Å². The molecule has 1 aromatic carbocycles. The maximum Gasteiger partial charge on any atom is 0.224 e. The summed E-state index contributed by atoms with van der Waals surface area (Å²) in [6, 6.07) is 5.28. The number of anilines is 1. The lowest BCUT2D eigenvalue weighted by molar-refractivity contribution is -0.116. The Bertz CT molecular complexity index is 570. The van der Waals surface area contributed by atoms with Gasteiger partial charge in [0.25, 0.3) is 0 Å². The molecular weight excluding hydrogens is 276 g/mol. The van der Waals surface area contributed by atoms with Crippen molar-refractivity contribution in [3.8, 4) is 11.5 Å². The zero-order valence-electron chi connectivity index (χ0n) is 11.4. The molecule has 0 radical (unpaired) electrons. The van der Waals surface area contributed by atoms with Crippen LogP contribution in [0.5, 0.6) is 11.5 Å². The van der Waals surface area contributed by atoms with Crippen LogP contribution in [0.25, 0.3) is 0 Å². The zero-order valence-corrected chi connectivity index (χ0v) is 12.2. The van der Waals surface area contributed by atoms with Crippen LogP contribution < -0.4 is 14.8 Å². The second-order valence-electron chi connectivity index (χ2n) is 4.09. The zero-order chi connectivity index (χ0) is 14.4. The molecule has 20 heavy (non-hydrogen) atoms. The fourth-order valence-electron chi connectivity index (χ4n) is 1.73. The largest absolute Gasteiger partial charge is 0.497 e. The van der Waals surface area contributed by atoms with E-state index in [0.29, 0.717) is 30.0 Å². The van der Waals surface area contributed by atoms with Gasteiger partial charge in [-0.3, -0.25) is 4.79 Å². The Hall–Kier alpha value is -2.08. The number of carbonyl (C=O) groups excluding carboxylic acids is 1. The van der Waals surface area contributed by atoms with Crippen LogP contribution >= 0.6 is 11.3 Å². The lowest BCUT2D eigenvalue weighted by Gasteiger charge is -2.11. The summed E-state index contributed by atoms with van der Waals surface area (Å²) in [6.45, 7) is 0. The number of hydrogen-bond donors (Lipinski definition) is 1. The number of thiazole rings is 1. The number of carbonyl (C=O) groups is 1. The van der Waals surface area contributed by atoms with E-state index in [9.17, 15) is 4.79 Å². The lowest BCUT2D eigenvalue weighted by atomic mass is 10.2. The highest BCUT2D eigenvalue weighted by Gasteiger charge is 2.09. The molecule has 1 heterocycles. The van der Waals surface area contributed by atoms with Crippen molar-refractivity contribution < 1.29 is 14.3 Å². The summed E-state index contributed by atoms with van der Waals surface area (Å²) in [5.41, 5.74) is 3.30. The topological polar surface area (TPSA) is 60.5 Å². The van der Waals surface area contributed by atoms with Gasteiger partial charge in [0.15, 0.2) is 0 Å². The second-order valence-corrected chi connectivity index (χ2v) is 4.81. The van der Waals surface area contributed by atoms with Crippen LogP contribution in [0.4, 0.5) is 5.69 Å². The minimum Gasteiger partial charge on any atom is -0.497 e. The highest BCUT2D eigenvalue weighted by Crippen LogP contribution is 2.28. The highest BCUT2D eigenvalue weighted by atomic mass is 32.1. The molecule has 6 heteroatoms. The third kappa shape index (κ3) is 3.71. The first kappa shape index (κ1) is 14.3. The van der Waals surface area contributed by atoms with E-state index in [0.717, 1.165) is 5.69 Å². The summed E-state index contributed by atoms with van der Waals surface area (Å²) in [5.74, 6) is 1.19. The first-order valence-corrected chi connectivity index (χ1v) is 7.06.